The maximum Gasteiger partial charge on any atom is 0.586 e. The highest BCUT2D eigenvalue weighted by atomic mass is 19.3. The lowest BCUT2D eigenvalue weighted by molar-refractivity contribution is -0.286. The van der Waals surface area contributed by atoms with Gasteiger partial charge in [0.2, 0.25) is 0 Å². The molecule has 2 heterocycles. The predicted octanol–water partition coefficient (Wildman–Crippen LogP) is 2.01. The third kappa shape index (κ3) is 2.50. The van der Waals surface area contributed by atoms with Gasteiger partial charge in [0.15, 0.2) is 11.5 Å². The molecule has 2 aliphatic heterocycles. The van der Waals surface area contributed by atoms with Gasteiger partial charge in [-0.25, -0.2) is 0 Å². The molecule has 1 saturated heterocycles. The SMILES string of the molecule is N[C@@H](c1ccc2c(c1)OC(F)(F)O2)C1CCNCC1. The van der Waals surface area contributed by atoms with Gasteiger partial charge in [-0.2, -0.15) is 0 Å². The number of fused-ring (bicyclic) bond motifs is 1. The van der Waals surface area contributed by atoms with Crippen molar-refractivity contribution in [1.82, 2.24) is 5.32 Å². The van der Waals surface area contributed by atoms with E-state index in [4.69, 9.17) is 5.73 Å². The number of hydrogen-bond donors (Lipinski definition) is 2. The van der Waals surface area contributed by atoms with Gasteiger partial charge < -0.3 is 20.5 Å². The lowest BCUT2D eigenvalue weighted by Crippen LogP contribution is -2.33. The fourth-order valence-electron chi connectivity index (χ4n) is 2.65. The first kappa shape index (κ1) is 12.6. The van der Waals surface area contributed by atoms with Gasteiger partial charge in [-0.05, 0) is 49.5 Å². The van der Waals surface area contributed by atoms with Crippen molar-refractivity contribution in [2.24, 2.45) is 11.7 Å². The van der Waals surface area contributed by atoms with Crippen molar-refractivity contribution in [3.63, 3.8) is 0 Å². The van der Waals surface area contributed by atoms with Crippen molar-refractivity contribution in [3.8, 4) is 11.5 Å². The van der Waals surface area contributed by atoms with Crippen molar-refractivity contribution in [3.05, 3.63) is 23.8 Å². The Labute approximate surface area is 109 Å². The number of alkyl halides is 2. The van der Waals surface area contributed by atoms with Gasteiger partial charge in [-0.15, -0.1) is 8.78 Å². The van der Waals surface area contributed by atoms with Gasteiger partial charge in [-0.1, -0.05) is 6.07 Å². The molecule has 19 heavy (non-hydrogen) atoms. The summed E-state index contributed by atoms with van der Waals surface area (Å²) < 4.78 is 34.7. The van der Waals surface area contributed by atoms with Crippen LogP contribution in [0.5, 0.6) is 11.5 Å². The van der Waals surface area contributed by atoms with Crippen molar-refractivity contribution in [1.29, 1.82) is 0 Å². The molecule has 0 bridgehead atoms. The number of halogens is 2. The van der Waals surface area contributed by atoms with Crippen LogP contribution in [-0.4, -0.2) is 19.4 Å². The van der Waals surface area contributed by atoms with Crippen LogP contribution in [0.4, 0.5) is 8.78 Å². The summed E-state index contributed by atoms with van der Waals surface area (Å²) in [5.41, 5.74) is 7.03. The Balaban J connectivity index is 1.79. The second-order valence-electron chi connectivity index (χ2n) is 4.99. The first-order valence-corrected chi connectivity index (χ1v) is 6.41. The van der Waals surface area contributed by atoms with Gasteiger partial charge in [0.1, 0.15) is 0 Å². The molecular formula is C13H16F2N2O2. The van der Waals surface area contributed by atoms with Crippen molar-refractivity contribution < 1.29 is 18.3 Å². The summed E-state index contributed by atoms with van der Waals surface area (Å²) in [5, 5.41) is 3.27. The first-order valence-electron chi connectivity index (χ1n) is 6.41. The van der Waals surface area contributed by atoms with E-state index in [9.17, 15) is 8.78 Å². The summed E-state index contributed by atoms with van der Waals surface area (Å²) in [6, 6.07) is 4.62. The van der Waals surface area contributed by atoms with Gasteiger partial charge in [0, 0.05) is 6.04 Å². The first-order chi connectivity index (χ1) is 9.05. The maximum absolute atomic E-state index is 12.9. The average molecular weight is 270 g/mol. The molecule has 1 aromatic carbocycles. The number of rotatable bonds is 2. The summed E-state index contributed by atoms with van der Waals surface area (Å²) in [6.45, 7) is 1.89. The molecule has 0 aliphatic carbocycles. The quantitative estimate of drug-likeness (QED) is 0.863. The third-order valence-electron chi connectivity index (χ3n) is 3.70. The van der Waals surface area contributed by atoms with Crippen LogP contribution in [0.25, 0.3) is 0 Å². The van der Waals surface area contributed by atoms with E-state index in [1.54, 1.807) is 12.1 Å². The smallest absolute Gasteiger partial charge is 0.395 e. The van der Waals surface area contributed by atoms with E-state index in [0.29, 0.717) is 5.92 Å². The van der Waals surface area contributed by atoms with Crippen LogP contribution in [0.3, 0.4) is 0 Å². The van der Waals surface area contributed by atoms with Crippen LogP contribution in [0.1, 0.15) is 24.4 Å². The molecule has 1 atom stereocenters. The molecule has 0 unspecified atom stereocenters. The largest absolute Gasteiger partial charge is 0.586 e. The van der Waals surface area contributed by atoms with E-state index in [-0.39, 0.29) is 17.5 Å². The van der Waals surface area contributed by atoms with Crippen LogP contribution in [0.15, 0.2) is 18.2 Å². The van der Waals surface area contributed by atoms with E-state index >= 15 is 0 Å². The molecule has 104 valence electrons. The Bertz CT molecular complexity index is 476. The van der Waals surface area contributed by atoms with Crippen LogP contribution >= 0.6 is 0 Å². The number of nitrogens with two attached hydrogens (primary N) is 1. The molecule has 0 amide bonds. The standard InChI is InChI=1S/C13H16F2N2O2/c14-13(15)18-10-2-1-9(7-11(10)19-13)12(16)8-3-5-17-6-4-8/h1-2,7-8,12,17H,3-6,16H2/t12-/m1/s1. The van der Waals surface area contributed by atoms with E-state index in [0.717, 1.165) is 31.5 Å². The van der Waals surface area contributed by atoms with Gasteiger partial charge in [-0.3, -0.25) is 0 Å². The van der Waals surface area contributed by atoms with Crippen molar-refractivity contribution >= 4 is 0 Å². The Hall–Kier alpha value is -1.40. The number of ether oxygens (including phenoxy) is 2. The zero-order valence-corrected chi connectivity index (χ0v) is 10.4. The molecule has 3 rings (SSSR count). The summed E-state index contributed by atoms with van der Waals surface area (Å²) in [4.78, 5) is 0. The maximum atomic E-state index is 12.9. The number of nitrogens with one attached hydrogen (secondary N) is 1. The van der Waals surface area contributed by atoms with Crippen molar-refractivity contribution in [2.75, 3.05) is 13.1 Å². The second kappa shape index (κ2) is 4.61. The lowest BCUT2D eigenvalue weighted by Gasteiger charge is -2.28. The minimum Gasteiger partial charge on any atom is -0.395 e. The second-order valence-corrected chi connectivity index (χ2v) is 4.99. The molecule has 1 aromatic rings. The molecule has 2 aliphatic rings. The summed E-state index contributed by atoms with van der Waals surface area (Å²) in [6.07, 6.45) is -1.59. The van der Waals surface area contributed by atoms with Crippen LogP contribution in [0.2, 0.25) is 0 Å². The number of piperidine rings is 1. The molecule has 4 nitrogen and oxygen atoms in total. The van der Waals surface area contributed by atoms with Gasteiger partial charge in [0.25, 0.3) is 0 Å². The third-order valence-corrected chi connectivity index (χ3v) is 3.70. The summed E-state index contributed by atoms with van der Waals surface area (Å²) in [7, 11) is 0. The zero-order chi connectivity index (χ0) is 13.5. The van der Waals surface area contributed by atoms with Crippen LogP contribution in [-0.2, 0) is 0 Å². The van der Waals surface area contributed by atoms with Crippen molar-refractivity contribution in [2.45, 2.75) is 25.2 Å². The van der Waals surface area contributed by atoms with E-state index in [2.05, 4.69) is 14.8 Å². The van der Waals surface area contributed by atoms with Gasteiger partial charge >= 0.3 is 6.29 Å². The number of benzene rings is 1. The topological polar surface area (TPSA) is 56.5 Å². The van der Waals surface area contributed by atoms with Crippen LogP contribution in [0, 0.1) is 5.92 Å². The van der Waals surface area contributed by atoms with E-state index < -0.39 is 6.29 Å². The minimum absolute atomic E-state index is 0.0614. The van der Waals surface area contributed by atoms with Gasteiger partial charge in [0.05, 0.1) is 0 Å². The fraction of sp³-hybridized carbons (Fsp3) is 0.538. The molecule has 1 fully saturated rings. The molecule has 6 heteroatoms. The van der Waals surface area contributed by atoms with Crippen LogP contribution < -0.4 is 20.5 Å². The van der Waals surface area contributed by atoms with E-state index in [1.165, 1.54) is 6.07 Å². The summed E-state index contributed by atoms with van der Waals surface area (Å²) >= 11 is 0. The highest BCUT2D eigenvalue weighted by Gasteiger charge is 2.43. The molecule has 3 N–H and O–H groups in total. The minimum atomic E-state index is -3.57. The normalized spacial score (nSPS) is 23.3. The van der Waals surface area contributed by atoms with E-state index in [1.807, 2.05) is 0 Å². The lowest BCUT2D eigenvalue weighted by atomic mass is 9.86. The highest BCUT2D eigenvalue weighted by molar-refractivity contribution is 5.46. The fourth-order valence-corrected chi connectivity index (χ4v) is 2.65. The zero-order valence-electron chi connectivity index (χ0n) is 10.4. The molecular weight excluding hydrogens is 254 g/mol. The highest BCUT2D eigenvalue weighted by Crippen LogP contribution is 2.42. The Morgan fingerprint density at radius 3 is 2.63 bits per heavy atom. The molecule has 0 saturated carbocycles. The number of hydrogen-bond acceptors (Lipinski definition) is 4. The molecule has 0 radical (unpaired) electrons. The Morgan fingerprint density at radius 1 is 1.21 bits per heavy atom. The molecule has 0 spiro atoms. The molecule has 0 aromatic heterocycles. The Kier molecular flexibility index (Phi) is 3.06. The summed E-state index contributed by atoms with van der Waals surface area (Å²) in [5.74, 6) is 0.486. The Morgan fingerprint density at radius 2 is 1.89 bits per heavy atom. The average Bonchev–Trinajstić information content (AvgIpc) is 2.71. The monoisotopic (exact) mass is 270 g/mol. The predicted molar refractivity (Wildman–Crippen MR) is 65.2 cm³/mol.